The lowest BCUT2D eigenvalue weighted by Crippen LogP contribution is -2.19. The second-order valence-corrected chi connectivity index (χ2v) is 7.74. The number of pyridine rings is 1. The van der Waals surface area contributed by atoms with E-state index in [-0.39, 0.29) is 11.6 Å². The summed E-state index contributed by atoms with van der Waals surface area (Å²) in [6, 6.07) is 14.1. The molecule has 31 heavy (non-hydrogen) atoms. The highest BCUT2D eigenvalue weighted by molar-refractivity contribution is 6.04. The summed E-state index contributed by atoms with van der Waals surface area (Å²) in [4.78, 5) is 19.1. The monoisotopic (exact) mass is 425 g/mol. The van der Waals surface area contributed by atoms with Gasteiger partial charge in [0, 0.05) is 48.3 Å². The predicted molar refractivity (Wildman–Crippen MR) is 114 cm³/mol. The second kappa shape index (κ2) is 8.41. The molecule has 0 radical (unpaired) electrons. The molecule has 2 aromatic carbocycles. The molecule has 1 fully saturated rings. The number of aryl methyl sites for hydroxylation is 1. The highest BCUT2D eigenvalue weighted by atomic mass is 19.4. The molecule has 0 aliphatic carbocycles. The van der Waals surface area contributed by atoms with Gasteiger partial charge in [0.25, 0.3) is 5.91 Å². The quantitative estimate of drug-likeness (QED) is 0.587. The SMILES string of the molecule is Cc1ccc(C(=O)Nc2cccc(C(F)(F)F)c2)cc1C1CCN(c2ccncc2)C1. The van der Waals surface area contributed by atoms with Gasteiger partial charge in [0.15, 0.2) is 0 Å². The van der Waals surface area contributed by atoms with Crippen LogP contribution in [0.4, 0.5) is 24.5 Å². The average Bonchev–Trinajstić information content (AvgIpc) is 3.24. The van der Waals surface area contributed by atoms with E-state index in [0.717, 1.165) is 48.5 Å². The molecule has 1 saturated heterocycles. The first-order valence-corrected chi connectivity index (χ1v) is 10.1. The molecule has 7 heteroatoms. The molecule has 3 aromatic rings. The minimum atomic E-state index is -4.46. The molecule has 4 nitrogen and oxygen atoms in total. The van der Waals surface area contributed by atoms with Gasteiger partial charge in [0.2, 0.25) is 0 Å². The summed E-state index contributed by atoms with van der Waals surface area (Å²) in [7, 11) is 0. The van der Waals surface area contributed by atoms with Gasteiger partial charge in [-0.25, -0.2) is 0 Å². The number of benzene rings is 2. The maximum atomic E-state index is 12.9. The summed E-state index contributed by atoms with van der Waals surface area (Å²) in [5.74, 6) is -0.154. The Bertz CT molecular complexity index is 1080. The molecule has 1 N–H and O–H groups in total. The Hall–Kier alpha value is -3.35. The third kappa shape index (κ3) is 4.71. The fourth-order valence-electron chi connectivity index (χ4n) is 4.00. The third-order valence-corrected chi connectivity index (χ3v) is 5.65. The van der Waals surface area contributed by atoms with Crippen molar-refractivity contribution in [2.75, 3.05) is 23.3 Å². The Kier molecular flexibility index (Phi) is 5.67. The van der Waals surface area contributed by atoms with Crippen molar-refractivity contribution in [2.24, 2.45) is 0 Å². The van der Waals surface area contributed by atoms with Crippen molar-refractivity contribution in [2.45, 2.75) is 25.4 Å². The second-order valence-electron chi connectivity index (χ2n) is 7.74. The molecular weight excluding hydrogens is 403 g/mol. The van der Waals surface area contributed by atoms with Crippen LogP contribution >= 0.6 is 0 Å². The molecule has 0 saturated carbocycles. The van der Waals surface area contributed by atoms with Crippen LogP contribution in [0.5, 0.6) is 0 Å². The van der Waals surface area contributed by atoms with Crippen molar-refractivity contribution in [3.05, 3.63) is 89.2 Å². The zero-order chi connectivity index (χ0) is 22.0. The zero-order valence-corrected chi connectivity index (χ0v) is 17.0. The van der Waals surface area contributed by atoms with Crippen molar-refractivity contribution < 1.29 is 18.0 Å². The molecule has 0 spiro atoms. The van der Waals surface area contributed by atoms with Crippen LogP contribution < -0.4 is 10.2 Å². The number of nitrogens with one attached hydrogen (secondary N) is 1. The van der Waals surface area contributed by atoms with E-state index in [1.54, 1.807) is 18.5 Å². The van der Waals surface area contributed by atoms with E-state index in [1.165, 1.54) is 12.1 Å². The van der Waals surface area contributed by atoms with Crippen LogP contribution in [-0.4, -0.2) is 24.0 Å². The van der Waals surface area contributed by atoms with Gasteiger partial charge in [0.05, 0.1) is 5.56 Å². The van der Waals surface area contributed by atoms with Gasteiger partial charge in [0.1, 0.15) is 0 Å². The number of nitrogens with zero attached hydrogens (tertiary/aromatic N) is 2. The topological polar surface area (TPSA) is 45.2 Å². The van der Waals surface area contributed by atoms with E-state index in [2.05, 4.69) is 15.2 Å². The molecule has 160 valence electrons. The molecule has 1 aliphatic heterocycles. The van der Waals surface area contributed by atoms with E-state index in [1.807, 2.05) is 31.2 Å². The Balaban J connectivity index is 1.51. The van der Waals surface area contributed by atoms with E-state index >= 15 is 0 Å². The minimum absolute atomic E-state index is 0.117. The number of halogens is 3. The number of hydrogen-bond donors (Lipinski definition) is 1. The van der Waals surface area contributed by atoms with Crippen molar-refractivity contribution in [3.8, 4) is 0 Å². The maximum absolute atomic E-state index is 12.9. The first kappa shape index (κ1) is 20.9. The highest BCUT2D eigenvalue weighted by Crippen LogP contribution is 2.33. The number of anilines is 2. The molecular formula is C24H22F3N3O. The zero-order valence-electron chi connectivity index (χ0n) is 17.0. The van der Waals surface area contributed by atoms with Crippen LogP contribution in [0.3, 0.4) is 0 Å². The van der Waals surface area contributed by atoms with Crippen molar-refractivity contribution in [3.63, 3.8) is 0 Å². The van der Waals surface area contributed by atoms with E-state index < -0.39 is 17.6 Å². The first-order valence-electron chi connectivity index (χ1n) is 10.1. The van der Waals surface area contributed by atoms with Gasteiger partial charge in [-0.05, 0) is 66.9 Å². The number of hydrogen-bond acceptors (Lipinski definition) is 3. The molecule has 1 amide bonds. The van der Waals surface area contributed by atoms with Gasteiger partial charge < -0.3 is 10.2 Å². The molecule has 2 heterocycles. The van der Waals surface area contributed by atoms with Gasteiger partial charge in [-0.15, -0.1) is 0 Å². The van der Waals surface area contributed by atoms with Crippen LogP contribution in [0.15, 0.2) is 67.0 Å². The standard InChI is InChI=1S/C24H22F3N3O/c1-16-5-6-17(23(31)29-20-4-2-3-19(14-20)24(25,26)27)13-22(16)18-9-12-30(15-18)21-7-10-28-11-8-21/h2-8,10-11,13-14,18H,9,12,15H2,1H3,(H,29,31). The fraction of sp³-hybridized carbons (Fsp3) is 0.250. The fourth-order valence-corrected chi connectivity index (χ4v) is 4.00. The predicted octanol–water partition coefficient (Wildman–Crippen LogP) is 5.66. The minimum Gasteiger partial charge on any atom is -0.371 e. The van der Waals surface area contributed by atoms with Crippen LogP contribution in [0, 0.1) is 6.92 Å². The smallest absolute Gasteiger partial charge is 0.371 e. The number of carbonyl (C=O) groups is 1. The Morgan fingerprint density at radius 1 is 1.10 bits per heavy atom. The normalized spacial score (nSPS) is 16.4. The Morgan fingerprint density at radius 3 is 2.61 bits per heavy atom. The summed E-state index contributed by atoms with van der Waals surface area (Å²) >= 11 is 0. The van der Waals surface area contributed by atoms with Crippen LogP contribution in [-0.2, 0) is 6.18 Å². The Labute approximate surface area is 178 Å². The molecule has 4 rings (SSSR count). The lowest BCUT2D eigenvalue weighted by molar-refractivity contribution is -0.137. The number of aromatic nitrogens is 1. The number of amides is 1. The van der Waals surface area contributed by atoms with E-state index in [0.29, 0.717) is 5.56 Å². The van der Waals surface area contributed by atoms with Gasteiger partial charge in [-0.3, -0.25) is 9.78 Å². The van der Waals surface area contributed by atoms with Crippen molar-refractivity contribution in [1.82, 2.24) is 4.98 Å². The number of carbonyl (C=O) groups excluding carboxylic acids is 1. The molecule has 1 atom stereocenters. The van der Waals surface area contributed by atoms with Gasteiger partial charge in [-0.2, -0.15) is 13.2 Å². The summed E-state index contributed by atoms with van der Waals surface area (Å²) in [5.41, 5.74) is 3.06. The van der Waals surface area contributed by atoms with Crippen LogP contribution in [0.1, 0.15) is 39.4 Å². The van der Waals surface area contributed by atoms with Crippen molar-refractivity contribution >= 4 is 17.3 Å². The largest absolute Gasteiger partial charge is 0.416 e. The molecule has 0 bridgehead atoms. The highest BCUT2D eigenvalue weighted by Gasteiger charge is 2.30. The first-order chi connectivity index (χ1) is 14.8. The van der Waals surface area contributed by atoms with Crippen LogP contribution in [0.2, 0.25) is 0 Å². The third-order valence-electron chi connectivity index (χ3n) is 5.65. The number of alkyl halides is 3. The average molecular weight is 425 g/mol. The maximum Gasteiger partial charge on any atom is 0.416 e. The molecule has 1 aliphatic rings. The lowest BCUT2D eigenvalue weighted by Gasteiger charge is -2.19. The van der Waals surface area contributed by atoms with E-state index in [4.69, 9.17) is 0 Å². The summed E-state index contributed by atoms with van der Waals surface area (Å²) in [5, 5.41) is 2.59. The Morgan fingerprint density at radius 2 is 1.87 bits per heavy atom. The van der Waals surface area contributed by atoms with E-state index in [9.17, 15) is 18.0 Å². The summed E-state index contributed by atoms with van der Waals surface area (Å²) in [6.45, 7) is 3.76. The lowest BCUT2D eigenvalue weighted by atomic mass is 9.92. The molecule has 1 unspecified atom stereocenters. The van der Waals surface area contributed by atoms with Crippen LogP contribution in [0.25, 0.3) is 0 Å². The summed E-state index contributed by atoms with van der Waals surface area (Å²) < 4.78 is 38.8. The molecule has 1 aromatic heterocycles. The van der Waals surface area contributed by atoms with Gasteiger partial charge in [-0.1, -0.05) is 12.1 Å². The summed E-state index contributed by atoms with van der Waals surface area (Å²) in [6.07, 6.45) is 0.0437. The van der Waals surface area contributed by atoms with Gasteiger partial charge >= 0.3 is 6.18 Å². The number of rotatable bonds is 4. The van der Waals surface area contributed by atoms with Crippen molar-refractivity contribution in [1.29, 1.82) is 0 Å².